The monoisotopic (exact) mass is 390 g/mol. The first-order valence-electron chi connectivity index (χ1n) is 11.0. The van der Waals surface area contributed by atoms with E-state index in [1.165, 1.54) is 57.8 Å². The third-order valence-electron chi connectivity index (χ3n) is 5.91. The molecule has 3 aliphatic carbocycles. The summed E-state index contributed by atoms with van der Waals surface area (Å²) in [7, 11) is 0. The van der Waals surface area contributed by atoms with Gasteiger partial charge in [-0.05, 0) is 0 Å². The van der Waals surface area contributed by atoms with Crippen molar-refractivity contribution in [1.29, 1.82) is 0 Å². The molecule has 0 unspecified atom stereocenters. The Morgan fingerprint density at radius 2 is 0.880 bits per heavy atom. The van der Waals surface area contributed by atoms with Crippen LogP contribution >= 0.6 is 0 Å². The first kappa shape index (κ1) is 20.3. The fraction of sp³-hybridized carbons (Fsp3) is 1.00. The Labute approximate surface area is 159 Å². The zero-order chi connectivity index (χ0) is 17.4. The summed E-state index contributed by atoms with van der Waals surface area (Å²) < 4.78 is 26.2. The maximum absolute atomic E-state index is 6.65. The third kappa shape index (κ3) is 6.58. The van der Waals surface area contributed by atoms with Crippen LogP contribution < -0.4 is 0 Å². The van der Waals surface area contributed by atoms with E-state index in [0.29, 0.717) is 6.61 Å². The van der Waals surface area contributed by atoms with Crippen LogP contribution in [0.4, 0.5) is 0 Å². The number of rotatable bonds is 8. The zero-order valence-corrected chi connectivity index (χ0v) is 17.7. The van der Waals surface area contributed by atoms with E-state index < -0.39 is 18.1 Å². The van der Waals surface area contributed by atoms with Crippen LogP contribution in [-0.4, -0.2) is 24.9 Å². The van der Waals surface area contributed by atoms with Gasteiger partial charge in [-0.3, -0.25) is 0 Å². The van der Waals surface area contributed by atoms with E-state index in [1.807, 2.05) is 0 Å². The second kappa shape index (κ2) is 10.8. The molecule has 3 rings (SSSR count). The van der Waals surface area contributed by atoms with Gasteiger partial charge in [-0.1, -0.05) is 0 Å². The van der Waals surface area contributed by atoms with Gasteiger partial charge in [-0.2, -0.15) is 0 Å². The van der Waals surface area contributed by atoms with E-state index in [0.717, 1.165) is 38.5 Å². The fourth-order valence-corrected chi connectivity index (χ4v) is 8.67. The summed E-state index contributed by atoms with van der Waals surface area (Å²) in [5, 5.41) is 0. The van der Waals surface area contributed by atoms with Crippen LogP contribution in [0.5, 0.6) is 0 Å². The molecule has 0 aromatic carbocycles. The summed E-state index contributed by atoms with van der Waals surface area (Å²) in [5.74, 6) is 0. The van der Waals surface area contributed by atoms with Crippen molar-refractivity contribution in [2.75, 3.05) is 6.61 Å². The summed E-state index contributed by atoms with van der Waals surface area (Å²) in [6.07, 6.45) is 19.3. The number of hydrogen-bond donors (Lipinski definition) is 0. The Bertz CT molecular complexity index is 310. The van der Waals surface area contributed by atoms with Crippen molar-refractivity contribution in [1.82, 2.24) is 0 Å². The quantitative estimate of drug-likeness (QED) is 0.485. The van der Waals surface area contributed by atoms with Crippen LogP contribution in [0.25, 0.3) is 0 Å². The Morgan fingerprint density at radius 1 is 0.560 bits per heavy atom. The Morgan fingerprint density at radius 3 is 1.16 bits per heavy atom. The second-order valence-electron chi connectivity index (χ2n) is 8.07. The molecular formula is C20H38O4Ti. The molecular weight excluding hydrogens is 352 g/mol. The average Bonchev–Trinajstić information content (AvgIpc) is 2.64. The molecule has 3 fully saturated rings. The van der Waals surface area contributed by atoms with Gasteiger partial charge in [0.1, 0.15) is 0 Å². The van der Waals surface area contributed by atoms with E-state index in [2.05, 4.69) is 6.92 Å². The molecule has 0 aromatic heterocycles. The molecule has 146 valence electrons. The molecule has 0 saturated heterocycles. The molecule has 0 amide bonds. The maximum atomic E-state index is 6.65. The Hall–Kier alpha value is 0.554. The third-order valence-corrected chi connectivity index (χ3v) is 9.83. The standard InChI is InChI=1S/3C6H11O.C2H5O.Ti/c3*7-6-4-2-1-3-5-6;1-2-3;/h3*6H,1-5H2;2H2,1H3;/q4*-1;+4. The zero-order valence-electron chi connectivity index (χ0n) is 16.2. The molecule has 0 heterocycles. The number of hydrogen-bond acceptors (Lipinski definition) is 4. The molecule has 25 heavy (non-hydrogen) atoms. The van der Waals surface area contributed by atoms with Crippen LogP contribution in [0.15, 0.2) is 0 Å². The summed E-state index contributed by atoms with van der Waals surface area (Å²) >= 11 is -3.68. The predicted molar refractivity (Wildman–Crippen MR) is 95.5 cm³/mol. The van der Waals surface area contributed by atoms with E-state index in [1.54, 1.807) is 0 Å². The first-order chi connectivity index (χ1) is 12.3. The fourth-order valence-electron chi connectivity index (χ4n) is 4.52. The predicted octanol–water partition coefficient (Wildman–Crippen LogP) is 5.88. The minimum atomic E-state index is -3.68. The van der Waals surface area contributed by atoms with Crippen molar-refractivity contribution in [3.63, 3.8) is 0 Å². The van der Waals surface area contributed by atoms with Gasteiger partial charge < -0.3 is 0 Å². The van der Waals surface area contributed by atoms with E-state index in [9.17, 15) is 0 Å². The molecule has 0 N–H and O–H groups in total. The first-order valence-corrected chi connectivity index (χ1v) is 13.5. The van der Waals surface area contributed by atoms with Gasteiger partial charge in [-0.15, -0.1) is 0 Å². The molecule has 0 atom stereocenters. The topological polar surface area (TPSA) is 36.9 Å². The van der Waals surface area contributed by atoms with Gasteiger partial charge in [0.25, 0.3) is 0 Å². The van der Waals surface area contributed by atoms with Crippen molar-refractivity contribution in [2.24, 2.45) is 0 Å². The minimum absolute atomic E-state index is 0.285. The van der Waals surface area contributed by atoms with Gasteiger partial charge in [0.05, 0.1) is 0 Å². The van der Waals surface area contributed by atoms with Gasteiger partial charge in [0.2, 0.25) is 0 Å². The molecule has 4 nitrogen and oxygen atoms in total. The van der Waals surface area contributed by atoms with Crippen molar-refractivity contribution in [3.05, 3.63) is 0 Å². The van der Waals surface area contributed by atoms with Gasteiger partial charge >= 0.3 is 160 Å². The van der Waals surface area contributed by atoms with Gasteiger partial charge in [-0.25, -0.2) is 0 Å². The summed E-state index contributed by atoms with van der Waals surface area (Å²) in [6, 6.07) is 0. The van der Waals surface area contributed by atoms with Gasteiger partial charge in [0, 0.05) is 0 Å². The van der Waals surface area contributed by atoms with Crippen molar-refractivity contribution >= 4 is 0 Å². The Balaban J connectivity index is 1.69. The summed E-state index contributed by atoms with van der Waals surface area (Å²) in [4.78, 5) is 0. The molecule has 3 saturated carbocycles. The Kier molecular flexibility index (Phi) is 8.75. The van der Waals surface area contributed by atoms with Crippen LogP contribution in [0, 0.1) is 0 Å². The molecule has 5 heteroatoms. The second-order valence-corrected chi connectivity index (χ2v) is 11.2. The van der Waals surface area contributed by atoms with Crippen LogP contribution in [0.3, 0.4) is 0 Å². The van der Waals surface area contributed by atoms with Crippen molar-refractivity contribution < 1.29 is 31.4 Å². The van der Waals surface area contributed by atoms with E-state index >= 15 is 0 Å². The summed E-state index contributed by atoms with van der Waals surface area (Å²) in [6.45, 7) is 2.69. The molecule has 0 radical (unpaired) electrons. The molecule has 0 aliphatic heterocycles. The van der Waals surface area contributed by atoms with Crippen molar-refractivity contribution in [3.8, 4) is 0 Å². The average molecular weight is 390 g/mol. The van der Waals surface area contributed by atoms with E-state index in [-0.39, 0.29) is 18.3 Å². The SMILES string of the molecule is CC[O][Ti]([O]C1CCCCC1)([O]C1CCCCC1)[O]C1CCCCC1. The van der Waals surface area contributed by atoms with Gasteiger partial charge in [0.15, 0.2) is 0 Å². The molecule has 0 aromatic rings. The summed E-state index contributed by atoms with van der Waals surface area (Å²) in [5.41, 5.74) is 0. The van der Waals surface area contributed by atoms with Crippen LogP contribution in [0.2, 0.25) is 0 Å². The van der Waals surface area contributed by atoms with Crippen molar-refractivity contribution in [2.45, 2.75) is 122 Å². The molecule has 3 aliphatic rings. The van der Waals surface area contributed by atoms with Crippen LogP contribution in [0.1, 0.15) is 103 Å². The van der Waals surface area contributed by atoms with E-state index in [4.69, 9.17) is 13.3 Å². The normalized spacial score (nSPS) is 25.3. The van der Waals surface area contributed by atoms with Crippen LogP contribution in [-0.2, 0) is 31.4 Å². The molecule has 0 bridgehead atoms. The molecule has 0 spiro atoms.